The maximum absolute atomic E-state index is 11.7. The third-order valence-electron chi connectivity index (χ3n) is 2.28. The predicted octanol–water partition coefficient (Wildman–Crippen LogP) is 1.78. The van der Waals surface area contributed by atoms with Gasteiger partial charge in [0.25, 0.3) is 0 Å². The number of nitrogens with one attached hydrogen (secondary N) is 2. The molecule has 0 aliphatic heterocycles. The minimum absolute atomic E-state index is 0.171. The first-order chi connectivity index (χ1) is 8.45. The van der Waals surface area contributed by atoms with Crippen molar-refractivity contribution in [2.45, 2.75) is 26.8 Å². The summed E-state index contributed by atoms with van der Waals surface area (Å²) in [5, 5.41) is 7.57. The third-order valence-corrected chi connectivity index (χ3v) is 3.36. The van der Waals surface area contributed by atoms with Crippen molar-refractivity contribution in [3.05, 3.63) is 15.8 Å². The van der Waals surface area contributed by atoms with Crippen LogP contribution in [0, 0.1) is 6.92 Å². The lowest BCUT2D eigenvalue weighted by atomic mass is 10.2. The van der Waals surface area contributed by atoms with Gasteiger partial charge < -0.3 is 15.4 Å². The minimum Gasteiger partial charge on any atom is -0.465 e. The average molecular weight is 270 g/mol. The van der Waals surface area contributed by atoms with Crippen LogP contribution in [-0.2, 0) is 9.53 Å². The molecular weight excluding hydrogens is 252 g/mol. The van der Waals surface area contributed by atoms with Crippen molar-refractivity contribution in [3.63, 3.8) is 0 Å². The van der Waals surface area contributed by atoms with E-state index in [1.807, 2.05) is 26.2 Å². The minimum atomic E-state index is -0.430. The molecular formula is C12H18N2O3S. The number of hydrogen-bond acceptors (Lipinski definition) is 5. The molecule has 18 heavy (non-hydrogen) atoms. The molecule has 0 unspecified atom stereocenters. The van der Waals surface area contributed by atoms with Crippen molar-refractivity contribution in [1.82, 2.24) is 5.32 Å². The molecule has 1 aromatic heterocycles. The zero-order chi connectivity index (χ0) is 13.7. The highest BCUT2D eigenvalue weighted by molar-refractivity contribution is 7.12. The molecule has 1 aromatic rings. The Labute approximate surface area is 111 Å². The summed E-state index contributed by atoms with van der Waals surface area (Å²) in [4.78, 5) is 23.6. The lowest BCUT2D eigenvalue weighted by Gasteiger charge is -2.10. The summed E-state index contributed by atoms with van der Waals surface area (Å²) < 4.78 is 4.67. The van der Waals surface area contributed by atoms with Crippen LogP contribution < -0.4 is 10.6 Å². The molecule has 0 bridgehead atoms. The van der Waals surface area contributed by atoms with Gasteiger partial charge in [0.15, 0.2) is 0 Å². The van der Waals surface area contributed by atoms with Gasteiger partial charge in [0.1, 0.15) is 4.88 Å². The summed E-state index contributed by atoms with van der Waals surface area (Å²) in [5.41, 5.74) is 1.40. The van der Waals surface area contributed by atoms with Gasteiger partial charge in [-0.05, 0) is 17.9 Å². The number of anilines is 1. The normalized spacial score (nSPS) is 10.5. The molecule has 0 saturated heterocycles. The number of rotatable bonds is 5. The van der Waals surface area contributed by atoms with E-state index in [0.717, 1.165) is 5.56 Å². The topological polar surface area (TPSA) is 67.4 Å². The van der Waals surface area contributed by atoms with Gasteiger partial charge in [-0.15, -0.1) is 11.3 Å². The van der Waals surface area contributed by atoms with Crippen LogP contribution in [0.3, 0.4) is 0 Å². The van der Waals surface area contributed by atoms with E-state index in [1.165, 1.54) is 18.4 Å². The molecule has 0 atom stereocenters. The van der Waals surface area contributed by atoms with Crippen LogP contribution >= 0.6 is 11.3 Å². The van der Waals surface area contributed by atoms with E-state index in [2.05, 4.69) is 15.4 Å². The Balaban J connectivity index is 2.74. The lowest BCUT2D eigenvalue weighted by molar-refractivity contribution is -0.115. The number of methoxy groups -OCH3 is 1. The number of esters is 1. The molecule has 0 spiro atoms. The second-order valence-corrected chi connectivity index (χ2v) is 5.08. The molecule has 0 saturated carbocycles. The third kappa shape index (κ3) is 3.82. The quantitative estimate of drug-likeness (QED) is 0.800. The van der Waals surface area contributed by atoms with Crippen LogP contribution in [-0.4, -0.2) is 31.6 Å². The Morgan fingerprint density at radius 2 is 2.11 bits per heavy atom. The number of carbonyl (C=O) groups is 2. The van der Waals surface area contributed by atoms with Crippen LogP contribution in [0.5, 0.6) is 0 Å². The molecule has 5 nitrogen and oxygen atoms in total. The first kappa shape index (κ1) is 14.7. The molecule has 1 rings (SSSR count). The number of hydrogen-bond donors (Lipinski definition) is 2. The van der Waals surface area contributed by atoms with Crippen LogP contribution in [0.25, 0.3) is 0 Å². The van der Waals surface area contributed by atoms with E-state index >= 15 is 0 Å². The smallest absolute Gasteiger partial charge is 0.350 e. The molecule has 2 N–H and O–H groups in total. The van der Waals surface area contributed by atoms with Crippen molar-refractivity contribution in [2.75, 3.05) is 19.0 Å². The highest BCUT2D eigenvalue weighted by atomic mass is 32.1. The highest BCUT2D eigenvalue weighted by Gasteiger charge is 2.18. The second-order valence-electron chi connectivity index (χ2n) is 4.20. The van der Waals surface area contributed by atoms with Crippen molar-refractivity contribution in [2.24, 2.45) is 0 Å². The van der Waals surface area contributed by atoms with E-state index in [9.17, 15) is 9.59 Å². The predicted molar refractivity (Wildman–Crippen MR) is 72.2 cm³/mol. The summed E-state index contributed by atoms with van der Waals surface area (Å²) in [6, 6.07) is 0.236. The molecule has 6 heteroatoms. The number of ether oxygens (including phenoxy) is 1. The Hall–Kier alpha value is -1.40. The van der Waals surface area contributed by atoms with Gasteiger partial charge in [-0.1, -0.05) is 13.8 Å². The van der Waals surface area contributed by atoms with Gasteiger partial charge in [0.2, 0.25) is 5.91 Å². The lowest BCUT2D eigenvalue weighted by Crippen LogP contribution is -2.33. The Morgan fingerprint density at radius 1 is 1.44 bits per heavy atom. The molecule has 0 fully saturated rings. The van der Waals surface area contributed by atoms with Gasteiger partial charge in [0, 0.05) is 6.04 Å². The standard InChI is InChI=1S/C12H18N2O3S/c1-7(2)13-5-9(15)14-10-8(3)6-18-11(10)12(16)17-4/h6-7,13H,5H2,1-4H3,(H,14,15). The van der Waals surface area contributed by atoms with Crippen LogP contribution in [0.1, 0.15) is 29.1 Å². The number of thiophene rings is 1. The van der Waals surface area contributed by atoms with Gasteiger partial charge in [0.05, 0.1) is 19.3 Å². The van der Waals surface area contributed by atoms with Crippen LogP contribution in [0.4, 0.5) is 5.69 Å². The van der Waals surface area contributed by atoms with E-state index < -0.39 is 5.97 Å². The zero-order valence-corrected chi connectivity index (χ0v) is 11.8. The van der Waals surface area contributed by atoms with Crippen molar-refractivity contribution in [3.8, 4) is 0 Å². The Kier molecular flexibility index (Phi) is 5.30. The number of carbonyl (C=O) groups excluding carboxylic acids is 2. The van der Waals surface area contributed by atoms with Crippen molar-refractivity contribution in [1.29, 1.82) is 0 Å². The maximum atomic E-state index is 11.7. The van der Waals surface area contributed by atoms with E-state index in [0.29, 0.717) is 10.6 Å². The fourth-order valence-corrected chi connectivity index (χ4v) is 2.24. The molecule has 100 valence electrons. The molecule has 1 amide bonds. The summed E-state index contributed by atoms with van der Waals surface area (Å²) in [5.74, 6) is -0.601. The molecule has 0 aliphatic carbocycles. The summed E-state index contributed by atoms with van der Waals surface area (Å²) in [6.07, 6.45) is 0. The van der Waals surface area contributed by atoms with E-state index in [4.69, 9.17) is 0 Å². The van der Waals surface area contributed by atoms with Gasteiger partial charge in [-0.25, -0.2) is 4.79 Å². The highest BCUT2D eigenvalue weighted by Crippen LogP contribution is 2.28. The van der Waals surface area contributed by atoms with Crippen molar-refractivity contribution >= 4 is 28.9 Å². The van der Waals surface area contributed by atoms with Crippen molar-refractivity contribution < 1.29 is 14.3 Å². The molecule has 0 radical (unpaired) electrons. The molecule has 1 heterocycles. The number of amides is 1. The largest absolute Gasteiger partial charge is 0.465 e. The van der Waals surface area contributed by atoms with Gasteiger partial charge >= 0.3 is 5.97 Å². The monoisotopic (exact) mass is 270 g/mol. The SMILES string of the molecule is COC(=O)c1scc(C)c1NC(=O)CNC(C)C. The average Bonchev–Trinajstić information content (AvgIpc) is 2.68. The van der Waals surface area contributed by atoms with Gasteiger partial charge in [-0.2, -0.15) is 0 Å². The summed E-state index contributed by atoms with van der Waals surface area (Å²) >= 11 is 1.27. The summed E-state index contributed by atoms with van der Waals surface area (Å²) in [6.45, 7) is 5.98. The van der Waals surface area contributed by atoms with Crippen LogP contribution in [0.15, 0.2) is 5.38 Å². The fourth-order valence-electron chi connectivity index (χ4n) is 1.32. The maximum Gasteiger partial charge on any atom is 0.350 e. The summed E-state index contributed by atoms with van der Waals surface area (Å²) in [7, 11) is 1.32. The van der Waals surface area contributed by atoms with E-state index in [-0.39, 0.29) is 18.5 Å². The fraction of sp³-hybridized carbons (Fsp3) is 0.500. The Bertz CT molecular complexity index is 441. The van der Waals surface area contributed by atoms with Crippen LogP contribution in [0.2, 0.25) is 0 Å². The first-order valence-electron chi connectivity index (χ1n) is 5.65. The first-order valence-corrected chi connectivity index (χ1v) is 6.53. The second kappa shape index (κ2) is 6.51. The zero-order valence-electron chi connectivity index (χ0n) is 11.0. The Morgan fingerprint density at radius 3 is 2.67 bits per heavy atom. The number of aryl methyl sites for hydroxylation is 1. The molecule has 0 aliphatic rings. The van der Waals surface area contributed by atoms with Gasteiger partial charge in [-0.3, -0.25) is 4.79 Å². The van der Waals surface area contributed by atoms with E-state index in [1.54, 1.807) is 0 Å². The molecule has 0 aromatic carbocycles.